The van der Waals surface area contributed by atoms with Crippen molar-refractivity contribution in [2.45, 2.75) is 25.4 Å². The molecule has 1 saturated heterocycles. The van der Waals surface area contributed by atoms with Crippen LogP contribution in [0.4, 0.5) is 5.69 Å². The number of amides is 1. The lowest BCUT2D eigenvalue weighted by molar-refractivity contribution is -0.127. The molecule has 7 heteroatoms. The second kappa shape index (κ2) is 6.57. The average Bonchev–Trinajstić information content (AvgIpc) is 2.87. The monoisotopic (exact) mass is 349 g/mol. The highest BCUT2D eigenvalue weighted by atomic mass is 32.2. The molecule has 0 aromatic heterocycles. The predicted octanol–water partition coefficient (Wildman–Crippen LogP) is 1.20. The van der Waals surface area contributed by atoms with E-state index in [1.54, 1.807) is 11.0 Å². The first kappa shape index (κ1) is 17.0. The maximum Gasteiger partial charge on any atom is 0.245 e. The molecular weight excluding hydrogens is 326 g/mol. The number of rotatable bonds is 5. The van der Waals surface area contributed by atoms with E-state index < -0.39 is 10.0 Å². The Balaban J connectivity index is 1.77. The van der Waals surface area contributed by atoms with Crippen molar-refractivity contribution in [2.24, 2.45) is 0 Å². The highest BCUT2D eigenvalue weighted by molar-refractivity contribution is 7.88. The number of hydrogen-bond acceptors (Lipinski definition) is 4. The molecule has 1 atom stereocenters. The number of carbonyl (C=O) groups is 1. The maximum atomic E-state index is 12.4. The van der Waals surface area contributed by atoms with Crippen LogP contribution in [0, 0.1) is 0 Å². The topological polar surface area (TPSA) is 69.7 Å². The fraction of sp³-hybridized carbons (Fsp3) is 0.471. The molecule has 0 aliphatic carbocycles. The van der Waals surface area contributed by atoms with Crippen LogP contribution < -0.4 is 5.32 Å². The van der Waals surface area contributed by atoms with Crippen LogP contribution >= 0.6 is 0 Å². The van der Waals surface area contributed by atoms with E-state index in [0.717, 1.165) is 29.8 Å². The van der Waals surface area contributed by atoms with Crippen molar-refractivity contribution in [3.63, 3.8) is 0 Å². The van der Waals surface area contributed by atoms with Gasteiger partial charge in [0.25, 0.3) is 0 Å². The zero-order chi connectivity index (χ0) is 17.3. The molecule has 0 unspecified atom stereocenters. The minimum atomic E-state index is -3.18. The Hall–Kier alpha value is -1.86. The normalized spacial score (nSPS) is 21.6. The van der Waals surface area contributed by atoms with E-state index in [4.69, 9.17) is 0 Å². The Morgan fingerprint density at radius 1 is 1.38 bits per heavy atom. The molecule has 0 saturated carbocycles. The lowest BCUT2D eigenvalue weighted by atomic mass is 9.98. The van der Waals surface area contributed by atoms with E-state index in [9.17, 15) is 13.2 Å². The summed E-state index contributed by atoms with van der Waals surface area (Å²) >= 11 is 0. The minimum absolute atomic E-state index is 0.0982. The van der Waals surface area contributed by atoms with Crippen LogP contribution in [-0.4, -0.2) is 55.5 Å². The van der Waals surface area contributed by atoms with Gasteiger partial charge in [0, 0.05) is 31.9 Å². The second-order valence-electron chi connectivity index (χ2n) is 6.35. The predicted molar refractivity (Wildman–Crippen MR) is 94.2 cm³/mol. The third-order valence-electron chi connectivity index (χ3n) is 4.68. The van der Waals surface area contributed by atoms with Crippen molar-refractivity contribution < 1.29 is 13.2 Å². The number of likely N-dealkylation sites (tertiary alicyclic amines) is 1. The van der Waals surface area contributed by atoms with Crippen LogP contribution in [0.3, 0.4) is 0 Å². The Bertz CT molecular complexity index is 760. The van der Waals surface area contributed by atoms with Gasteiger partial charge in [0.15, 0.2) is 0 Å². The molecule has 1 amide bonds. The molecule has 130 valence electrons. The summed E-state index contributed by atoms with van der Waals surface area (Å²) in [7, 11) is -3.18. The van der Waals surface area contributed by atoms with E-state index in [2.05, 4.69) is 11.9 Å². The van der Waals surface area contributed by atoms with Crippen LogP contribution in [0.5, 0.6) is 0 Å². The third kappa shape index (κ3) is 3.32. The summed E-state index contributed by atoms with van der Waals surface area (Å²) in [6.07, 6.45) is 4.41. The van der Waals surface area contributed by atoms with Gasteiger partial charge in [0.1, 0.15) is 6.04 Å². The smallest absolute Gasteiger partial charge is 0.245 e. The molecule has 0 bridgehead atoms. The lowest BCUT2D eigenvalue weighted by Crippen LogP contribution is -2.36. The Morgan fingerprint density at radius 2 is 2.17 bits per heavy atom. The van der Waals surface area contributed by atoms with Gasteiger partial charge >= 0.3 is 0 Å². The van der Waals surface area contributed by atoms with Gasteiger partial charge in [-0.25, -0.2) is 8.42 Å². The van der Waals surface area contributed by atoms with Gasteiger partial charge < -0.3 is 10.2 Å². The van der Waals surface area contributed by atoms with Gasteiger partial charge in [-0.15, -0.1) is 6.58 Å². The Kier molecular flexibility index (Phi) is 4.64. The lowest BCUT2D eigenvalue weighted by Gasteiger charge is -2.29. The van der Waals surface area contributed by atoms with E-state index in [1.807, 2.05) is 18.2 Å². The van der Waals surface area contributed by atoms with Crippen molar-refractivity contribution in [1.82, 2.24) is 9.21 Å². The minimum Gasteiger partial charge on any atom is -0.373 e. The number of carbonyl (C=O) groups excluding carboxylic acids is 1. The second-order valence-corrected chi connectivity index (χ2v) is 8.33. The van der Waals surface area contributed by atoms with Crippen molar-refractivity contribution in [2.75, 3.05) is 31.2 Å². The van der Waals surface area contributed by atoms with E-state index >= 15 is 0 Å². The number of fused-ring (bicyclic) bond motifs is 1. The van der Waals surface area contributed by atoms with Crippen LogP contribution in [0.15, 0.2) is 30.9 Å². The van der Waals surface area contributed by atoms with Crippen molar-refractivity contribution in [1.29, 1.82) is 0 Å². The van der Waals surface area contributed by atoms with Crippen LogP contribution in [0.2, 0.25) is 0 Å². The summed E-state index contributed by atoms with van der Waals surface area (Å²) < 4.78 is 25.0. The van der Waals surface area contributed by atoms with Gasteiger partial charge in [0.2, 0.25) is 15.9 Å². The van der Waals surface area contributed by atoms with Crippen LogP contribution in [0.25, 0.3) is 0 Å². The number of sulfonamides is 1. The molecular formula is C17H23N3O3S. The first-order valence-electron chi connectivity index (χ1n) is 8.12. The quantitative estimate of drug-likeness (QED) is 0.811. The summed E-state index contributed by atoms with van der Waals surface area (Å²) in [5, 5.41) is 3.37. The highest BCUT2D eigenvalue weighted by Gasteiger charge is 2.32. The van der Waals surface area contributed by atoms with Gasteiger partial charge in [-0.05, 0) is 30.0 Å². The number of benzene rings is 1. The Morgan fingerprint density at radius 3 is 2.88 bits per heavy atom. The number of nitrogens with one attached hydrogen (secondary N) is 1. The first-order chi connectivity index (χ1) is 11.4. The number of anilines is 1. The SMILES string of the molecule is C=CCN1CC[C@@H](Nc2cccc3c2CCN(S(C)(=O)=O)C3)C1=O. The molecule has 24 heavy (non-hydrogen) atoms. The maximum absolute atomic E-state index is 12.4. The summed E-state index contributed by atoms with van der Waals surface area (Å²) in [5.41, 5.74) is 3.07. The van der Waals surface area contributed by atoms with Crippen molar-refractivity contribution in [3.05, 3.63) is 42.0 Å². The summed E-state index contributed by atoms with van der Waals surface area (Å²) in [6, 6.07) is 5.62. The molecule has 2 aliphatic rings. The molecule has 0 spiro atoms. The van der Waals surface area contributed by atoms with Gasteiger partial charge in [-0.3, -0.25) is 4.79 Å². The zero-order valence-corrected chi connectivity index (χ0v) is 14.7. The fourth-order valence-electron chi connectivity index (χ4n) is 3.40. The Labute approximate surface area is 143 Å². The van der Waals surface area contributed by atoms with Crippen LogP contribution in [-0.2, 0) is 27.8 Å². The fourth-order valence-corrected chi connectivity index (χ4v) is 4.20. The van der Waals surface area contributed by atoms with E-state index in [0.29, 0.717) is 26.1 Å². The van der Waals surface area contributed by atoms with Gasteiger partial charge in [-0.1, -0.05) is 18.2 Å². The van der Waals surface area contributed by atoms with Crippen molar-refractivity contribution in [3.8, 4) is 0 Å². The highest BCUT2D eigenvalue weighted by Crippen LogP contribution is 2.29. The molecule has 1 fully saturated rings. The number of hydrogen-bond donors (Lipinski definition) is 1. The first-order valence-corrected chi connectivity index (χ1v) is 9.97. The van der Waals surface area contributed by atoms with Gasteiger partial charge in [-0.2, -0.15) is 4.31 Å². The zero-order valence-electron chi connectivity index (χ0n) is 13.9. The van der Waals surface area contributed by atoms with Gasteiger partial charge in [0.05, 0.1) is 6.26 Å². The summed E-state index contributed by atoms with van der Waals surface area (Å²) in [5.74, 6) is 0.0982. The molecule has 6 nitrogen and oxygen atoms in total. The molecule has 3 rings (SSSR count). The van der Waals surface area contributed by atoms with E-state index in [1.165, 1.54) is 10.6 Å². The molecule has 2 aliphatic heterocycles. The molecule has 2 heterocycles. The largest absolute Gasteiger partial charge is 0.373 e. The molecule has 1 N–H and O–H groups in total. The third-order valence-corrected chi connectivity index (χ3v) is 5.93. The van der Waals surface area contributed by atoms with Crippen LogP contribution in [0.1, 0.15) is 17.5 Å². The molecule has 1 aromatic rings. The van der Waals surface area contributed by atoms with E-state index in [-0.39, 0.29) is 11.9 Å². The molecule has 1 aromatic carbocycles. The number of nitrogens with zero attached hydrogens (tertiary/aromatic N) is 2. The average molecular weight is 349 g/mol. The van der Waals surface area contributed by atoms with Crippen molar-refractivity contribution >= 4 is 21.6 Å². The molecule has 0 radical (unpaired) electrons. The standard InChI is InChI=1S/C17H23N3O3S/c1-3-9-19-10-8-16(17(19)21)18-15-6-4-5-13-12-20(24(2,22)23)11-7-14(13)15/h3-6,16,18H,1,7-12H2,2H3/t16-/m1/s1. The summed E-state index contributed by atoms with van der Waals surface area (Å²) in [6.45, 7) is 5.87. The summed E-state index contributed by atoms with van der Waals surface area (Å²) in [4.78, 5) is 14.2.